The monoisotopic (exact) mass is 246 g/mol. The van der Waals surface area contributed by atoms with Crippen molar-refractivity contribution in [3.63, 3.8) is 0 Å². The third-order valence-corrected chi connectivity index (χ3v) is 2.80. The minimum Gasteiger partial charge on any atom is -0.370 e. The van der Waals surface area contributed by atoms with E-state index in [-0.39, 0.29) is 0 Å². The lowest BCUT2D eigenvalue weighted by Crippen LogP contribution is -2.05. The van der Waals surface area contributed by atoms with E-state index >= 15 is 0 Å². The van der Waals surface area contributed by atoms with E-state index in [1.165, 1.54) is 11.1 Å². The molecule has 0 amide bonds. The fourth-order valence-electron chi connectivity index (χ4n) is 1.56. The zero-order valence-electron chi connectivity index (χ0n) is 9.78. The minimum atomic E-state index is 0.780. The van der Waals surface area contributed by atoms with Crippen molar-refractivity contribution in [3.8, 4) is 0 Å². The Morgan fingerprint density at radius 1 is 1.12 bits per heavy atom. The van der Waals surface area contributed by atoms with Gasteiger partial charge in [0.2, 0.25) is 0 Å². The quantitative estimate of drug-likeness (QED) is 0.890. The Kier molecular flexibility index (Phi) is 3.99. The molecule has 0 atom stereocenters. The highest BCUT2D eigenvalue weighted by molar-refractivity contribution is 6.30. The first-order valence-electron chi connectivity index (χ1n) is 5.65. The lowest BCUT2D eigenvalue weighted by atomic mass is 10.1. The van der Waals surface area contributed by atoms with E-state index in [0.29, 0.717) is 0 Å². The SMILES string of the molecule is Cc1ccc(NCCc2ccc(Cl)cc2)nc1. The van der Waals surface area contributed by atoms with E-state index in [1.54, 1.807) is 0 Å². The predicted octanol–water partition coefficient (Wildman–Crippen LogP) is 3.70. The fraction of sp³-hybridized carbons (Fsp3) is 0.214. The van der Waals surface area contributed by atoms with E-state index in [9.17, 15) is 0 Å². The molecule has 88 valence electrons. The van der Waals surface area contributed by atoms with Crippen LogP contribution in [0.4, 0.5) is 5.82 Å². The summed E-state index contributed by atoms with van der Waals surface area (Å²) in [6.07, 6.45) is 2.83. The highest BCUT2D eigenvalue weighted by Crippen LogP contribution is 2.10. The van der Waals surface area contributed by atoms with Gasteiger partial charge in [-0.1, -0.05) is 29.8 Å². The topological polar surface area (TPSA) is 24.9 Å². The van der Waals surface area contributed by atoms with Crippen molar-refractivity contribution in [2.75, 3.05) is 11.9 Å². The van der Waals surface area contributed by atoms with Crippen molar-refractivity contribution < 1.29 is 0 Å². The van der Waals surface area contributed by atoms with Crippen LogP contribution in [0, 0.1) is 6.92 Å². The summed E-state index contributed by atoms with van der Waals surface area (Å²) in [4.78, 5) is 4.29. The summed E-state index contributed by atoms with van der Waals surface area (Å²) in [6.45, 7) is 2.90. The van der Waals surface area contributed by atoms with Crippen LogP contribution < -0.4 is 5.32 Å². The van der Waals surface area contributed by atoms with Crippen molar-refractivity contribution in [1.82, 2.24) is 4.98 Å². The number of aromatic nitrogens is 1. The minimum absolute atomic E-state index is 0.780. The van der Waals surface area contributed by atoms with E-state index < -0.39 is 0 Å². The second-order valence-corrected chi connectivity index (χ2v) is 4.46. The zero-order chi connectivity index (χ0) is 12.1. The molecule has 0 aliphatic carbocycles. The summed E-state index contributed by atoms with van der Waals surface area (Å²) in [7, 11) is 0. The molecule has 17 heavy (non-hydrogen) atoms. The van der Waals surface area contributed by atoms with E-state index in [1.807, 2.05) is 43.5 Å². The summed E-state index contributed by atoms with van der Waals surface area (Å²) < 4.78 is 0. The highest BCUT2D eigenvalue weighted by atomic mass is 35.5. The van der Waals surface area contributed by atoms with Gasteiger partial charge in [0.25, 0.3) is 0 Å². The smallest absolute Gasteiger partial charge is 0.125 e. The maximum Gasteiger partial charge on any atom is 0.125 e. The molecule has 1 aromatic heterocycles. The molecule has 0 bridgehead atoms. The number of rotatable bonds is 4. The molecule has 0 saturated heterocycles. The lowest BCUT2D eigenvalue weighted by molar-refractivity contribution is 1.01. The molecule has 2 nitrogen and oxygen atoms in total. The Bertz CT molecular complexity index is 417. The molecule has 0 aliphatic heterocycles. The maximum atomic E-state index is 5.83. The van der Waals surface area contributed by atoms with Crippen molar-refractivity contribution >= 4 is 17.4 Å². The predicted molar refractivity (Wildman–Crippen MR) is 72.6 cm³/mol. The van der Waals surface area contributed by atoms with Crippen molar-refractivity contribution in [2.24, 2.45) is 0 Å². The average Bonchev–Trinajstić information content (AvgIpc) is 2.34. The molecule has 0 fully saturated rings. The molecule has 3 heteroatoms. The van der Waals surface area contributed by atoms with Crippen molar-refractivity contribution in [1.29, 1.82) is 0 Å². The molecule has 0 unspecified atom stereocenters. The van der Waals surface area contributed by atoms with Gasteiger partial charge in [-0.15, -0.1) is 0 Å². The molecule has 2 aromatic rings. The van der Waals surface area contributed by atoms with Crippen LogP contribution in [0.25, 0.3) is 0 Å². The van der Waals surface area contributed by atoms with Gasteiger partial charge in [0.05, 0.1) is 0 Å². The van der Waals surface area contributed by atoms with Crippen molar-refractivity contribution in [3.05, 3.63) is 58.7 Å². The summed E-state index contributed by atoms with van der Waals surface area (Å²) in [5.41, 5.74) is 2.45. The van der Waals surface area contributed by atoms with Gasteiger partial charge in [0.1, 0.15) is 5.82 Å². The highest BCUT2D eigenvalue weighted by Gasteiger charge is 1.95. The first kappa shape index (κ1) is 11.9. The molecular formula is C14H15ClN2. The summed E-state index contributed by atoms with van der Waals surface area (Å²) >= 11 is 5.83. The van der Waals surface area contributed by atoms with E-state index in [4.69, 9.17) is 11.6 Å². The summed E-state index contributed by atoms with van der Waals surface area (Å²) in [5, 5.41) is 4.07. The number of nitrogens with one attached hydrogen (secondary N) is 1. The van der Waals surface area contributed by atoms with Crippen LogP contribution >= 0.6 is 11.6 Å². The van der Waals surface area contributed by atoms with Gasteiger partial charge in [0, 0.05) is 17.8 Å². The van der Waals surface area contributed by atoms with Crippen LogP contribution in [0.1, 0.15) is 11.1 Å². The summed E-state index contributed by atoms with van der Waals surface area (Å²) in [5.74, 6) is 0.921. The molecule has 2 rings (SSSR count). The van der Waals surface area contributed by atoms with Gasteiger partial charge in [-0.2, -0.15) is 0 Å². The normalized spacial score (nSPS) is 10.2. The number of nitrogens with zero attached hydrogens (tertiary/aromatic N) is 1. The van der Waals surface area contributed by atoms with Crippen LogP contribution in [-0.2, 0) is 6.42 Å². The number of benzene rings is 1. The average molecular weight is 247 g/mol. The summed E-state index contributed by atoms with van der Waals surface area (Å²) in [6, 6.07) is 12.0. The van der Waals surface area contributed by atoms with Crippen LogP contribution in [0.3, 0.4) is 0 Å². The molecule has 0 spiro atoms. The third-order valence-electron chi connectivity index (χ3n) is 2.54. The first-order valence-corrected chi connectivity index (χ1v) is 6.03. The molecule has 1 heterocycles. The van der Waals surface area contributed by atoms with Gasteiger partial charge in [-0.05, 0) is 42.7 Å². The molecule has 1 aromatic carbocycles. The number of hydrogen-bond acceptors (Lipinski definition) is 2. The number of halogens is 1. The molecule has 0 radical (unpaired) electrons. The number of anilines is 1. The second kappa shape index (κ2) is 5.69. The van der Waals surface area contributed by atoms with Gasteiger partial charge in [-0.25, -0.2) is 4.98 Å². The first-order chi connectivity index (χ1) is 8.24. The van der Waals surface area contributed by atoms with E-state index in [0.717, 1.165) is 23.8 Å². The van der Waals surface area contributed by atoms with Crippen LogP contribution in [0.5, 0.6) is 0 Å². The molecule has 0 aliphatic rings. The van der Waals surface area contributed by atoms with Gasteiger partial charge < -0.3 is 5.32 Å². The Labute approximate surface area is 107 Å². The Balaban J connectivity index is 1.83. The Morgan fingerprint density at radius 2 is 1.88 bits per heavy atom. The van der Waals surface area contributed by atoms with Gasteiger partial charge >= 0.3 is 0 Å². The van der Waals surface area contributed by atoms with Crippen LogP contribution in [-0.4, -0.2) is 11.5 Å². The van der Waals surface area contributed by atoms with Crippen molar-refractivity contribution in [2.45, 2.75) is 13.3 Å². The third kappa shape index (κ3) is 3.75. The van der Waals surface area contributed by atoms with Gasteiger partial charge in [0.15, 0.2) is 0 Å². The Hall–Kier alpha value is -1.54. The lowest BCUT2D eigenvalue weighted by Gasteiger charge is -2.05. The second-order valence-electron chi connectivity index (χ2n) is 4.02. The van der Waals surface area contributed by atoms with Crippen LogP contribution in [0.15, 0.2) is 42.6 Å². The molecule has 1 N–H and O–H groups in total. The fourth-order valence-corrected chi connectivity index (χ4v) is 1.68. The zero-order valence-corrected chi connectivity index (χ0v) is 10.5. The van der Waals surface area contributed by atoms with Gasteiger partial charge in [-0.3, -0.25) is 0 Å². The maximum absolute atomic E-state index is 5.83. The largest absolute Gasteiger partial charge is 0.370 e. The van der Waals surface area contributed by atoms with Crippen LogP contribution in [0.2, 0.25) is 5.02 Å². The van der Waals surface area contributed by atoms with E-state index in [2.05, 4.69) is 16.4 Å². The molecular weight excluding hydrogens is 232 g/mol. The standard InChI is InChI=1S/C14H15ClN2/c1-11-2-7-14(17-10-11)16-9-8-12-3-5-13(15)6-4-12/h2-7,10H,8-9H2,1H3,(H,16,17). The number of pyridine rings is 1. The number of hydrogen-bond donors (Lipinski definition) is 1. The number of aryl methyl sites for hydroxylation is 1. The Morgan fingerprint density at radius 3 is 2.53 bits per heavy atom. The molecule has 0 saturated carbocycles.